The second-order valence-electron chi connectivity index (χ2n) is 13.6. The second-order valence-corrected chi connectivity index (χ2v) is 13.6. The molecule has 0 aliphatic carbocycles. The lowest BCUT2D eigenvalue weighted by Gasteiger charge is -2.13. The van der Waals surface area contributed by atoms with Gasteiger partial charge in [0.25, 0.3) is 11.1 Å². The number of benzene rings is 5. The van der Waals surface area contributed by atoms with Gasteiger partial charge in [-0.05, 0) is 125 Å². The number of nitrogens with one attached hydrogen (secondary N) is 4. The Labute approximate surface area is 328 Å². The van der Waals surface area contributed by atoms with Crippen LogP contribution in [-0.4, -0.2) is 26.3 Å². The van der Waals surface area contributed by atoms with E-state index in [0.717, 1.165) is 45.0 Å². The summed E-state index contributed by atoms with van der Waals surface area (Å²) in [6, 6.07) is 35.8. The summed E-state index contributed by atoms with van der Waals surface area (Å²) in [4.78, 5) is 31.7. The molecule has 0 spiro atoms. The molecule has 0 radical (unpaired) electrons. The molecule has 57 heavy (non-hydrogen) atoms. The molecule has 0 unspecified atom stereocenters. The molecule has 0 aliphatic heterocycles. The zero-order valence-electron chi connectivity index (χ0n) is 32.2. The molecule has 0 saturated heterocycles. The van der Waals surface area contributed by atoms with Crippen LogP contribution < -0.4 is 26.7 Å². The number of anilines is 2. The highest BCUT2D eigenvalue weighted by Crippen LogP contribution is 2.24. The fourth-order valence-corrected chi connectivity index (χ4v) is 5.83. The lowest BCUT2D eigenvalue weighted by atomic mass is 10.2. The zero-order valence-corrected chi connectivity index (χ0v) is 32.2. The van der Waals surface area contributed by atoms with Crippen LogP contribution in [0.15, 0.2) is 145 Å². The second kappa shape index (κ2) is 17.0. The van der Waals surface area contributed by atoms with Gasteiger partial charge in [-0.3, -0.25) is 30.1 Å². The maximum absolute atomic E-state index is 13.0. The number of nitrogens with zero attached hydrogens (tertiary/aromatic N) is 6. The van der Waals surface area contributed by atoms with E-state index in [2.05, 4.69) is 41.5 Å². The van der Waals surface area contributed by atoms with Crippen LogP contribution in [0.1, 0.15) is 33.6 Å². The molecule has 14 heteroatoms. The van der Waals surface area contributed by atoms with Crippen molar-refractivity contribution in [2.24, 2.45) is 20.5 Å². The van der Waals surface area contributed by atoms with Crippen LogP contribution in [0.3, 0.4) is 0 Å². The van der Waals surface area contributed by atoms with Gasteiger partial charge in [0.1, 0.15) is 5.75 Å². The lowest BCUT2D eigenvalue weighted by Crippen LogP contribution is -2.13. The van der Waals surface area contributed by atoms with Crippen molar-refractivity contribution < 1.29 is 9.57 Å². The molecule has 2 heterocycles. The van der Waals surface area contributed by atoms with Gasteiger partial charge in [-0.25, -0.2) is 9.36 Å². The summed E-state index contributed by atoms with van der Waals surface area (Å²) >= 11 is 0. The summed E-state index contributed by atoms with van der Waals surface area (Å²) in [7, 11) is 0. The van der Waals surface area contributed by atoms with Crippen LogP contribution in [0, 0.1) is 34.6 Å². The average Bonchev–Trinajstić information content (AvgIpc) is 3.66. The molecular weight excluding hydrogens is 721 g/mol. The summed E-state index contributed by atoms with van der Waals surface area (Å²) in [6.07, 6.45) is 0. The largest absolute Gasteiger partial charge is 0.473 e. The van der Waals surface area contributed by atoms with Crippen LogP contribution in [0.5, 0.6) is 5.75 Å². The van der Waals surface area contributed by atoms with E-state index < -0.39 is 0 Å². The Balaban J connectivity index is 0.855. The van der Waals surface area contributed by atoms with Gasteiger partial charge in [0.2, 0.25) is 0 Å². The summed E-state index contributed by atoms with van der Waals surface area (Å²) in [5.41, 5.74) is 12.8. The number of aromatic amines is 2. The molecule has 0 amide bonds. The molecule has 0 bridgehead atoms. The van der Waals surface area contributed by atoms with Crippen molar-refractivity contribution in [3.63, 3.8) is 0 Å². The number of ether oxygens (including phenoxy) is 1. The van der Waals surface area contributed by atoms with E-state index in [-0.39, 0.29) is 29.2 Å². The number of hydrogen-bond donors (Lipinski definition) is 4. The van der Waals surface area contributed by atoms with Crippen molar-refractivity contribution in [2.75, 3.05) is 17.5 Å². The molecule has 5 aromatic carbocycles. The van der Waals surface area contributed by atoms with E-state index in [0.29, 0.717) is 35.1 Å². The molecular formula is C43H42N10O4. The first-order chi connectivity index (χ1) is 27.6. The van der Waals surface area contributed by atoms with E-state index in [1.165, 1.54) is 9.36 Å². The smallest absolute Gasteiger partial charge is 0.299 e. The van der Waals surface area contributed by atoms with Crippen molar-refractivity contribution in [2.45, 2.75) is 41.2 Å². The molecule has 14 nitrogen and oxygen atoms in total. The van der Waals surface area contributed by atoms with Gasteiger partial charge in [0.15, 0.2) is 18.1 Å². The van der Waals surface area contributed by atoms with Crippen molar-refractivity contribution >= 4 is 34.1 Å². The van der Waals surface area contributed by atoms with Crippen molar-refractivity contribution in [3.05, 3.63) is 170 Å². The Morgan fingerprint density at radius 2 is 1.11 bits per heavy atom. The third-order valence-corrected chi connectivity index (χ3v) is 9.13. The van der Waals surface area contributed by atoms with Gasteiger partial charge in [-0.1, -0.05) is 47.5 Å². The summed E-state index contributed by atoms with van der Waals surface area (Å²) < 4.78 is 8.81. The van der Waals surface area contributed by atoms with Crippen LogP contribution in [-0.2, 0) is 11.4 Å². The molecule has 7 rings (SSSR count). The van der Waals surface area contributed by atoms with E-state index in [9.17, 15) is 9.59 Å². The maximum Gasteiger partial charge on any atom is 0.299 e. The maximum atomic E-state index is 13.0. The monoisotopic (exact) mass is 762 g/mol. The SMILES string of the molecule is Cc1ccc(-n2[nH]c(C)c(N=Nc3ccc(CONc4ccc(NCOc5ccc(N=Nc6c(C)[nH]n(-c7ccc(C)cc7)c6=O)cc5)cc4C)cc3)c2=O)cc1. The highest BCUT2D eigenvalue weighted by Gasteiger charge is 2.13. The van der Waals surface area contributed by atoms with Crippen molar-refractivity contribution in [1.29, 1.82) is 0 Å². The van der Waals surface area contributed by atoms with Gasteiger partial charge >= 0.3 is 0 Å². The number of hydrogen-bond acceptors (Lipinski definition) is 10. The zero-order chi connectivity index (χ0) is 39.9. The van der Waals surface area contributed by atoms with Crippen molar-refractivity contribution in [3.8, 4) is 17.1 Å². The molecule has 0 aliphatic rings. The molecule has 2 aromatic heterocycles. The number of aryl methyl sites for hydroxylation is 5. The normalized spacial score (nSPS) is 11.5. The predicted octanol–water partition coefficient (Wildman–Crippen LogP) is 10.0. The third kappa shape index (κ3) is 9.15. The number of rotatable bonds is 14. The molecule has 0 atom stereocenters. The first kappa shape index (κ1) is 38.0. The van der Waals surface area contributed by atoms with E-state index in [1.54, 1.807) is 38.1 Å². The minimum Gasteiger partial charge on any atom is -0.473 e. The number of H-pyrrole nitrogens is 2. The lowest BCUT2D eigenvalue weighted by molar-refractivity contribution is 0.180. The molecule has 0 fully saturated rings. The van der Waals surface area contributed by atoms with Crippen LogP contribution in [0.2, 0.25) is 0 Å². The summed E-state index contributed by atoms with van der Waals surface area (Å²) in [5.74, 6) is 0.652. The Morgan fingerprint density at radius 1 is 0.596 bits per heavy atom. The topological polar surface area (TPSA) is 168 Å². The Morgan fingerprint density at radius 3 is 1.61 bits per heavy atom. The van der Waals surface area contributed by atoms with Gasteiger partial charge in [-0.15, -0.1) is 10.2 Å². The Bertz CT molecular complexity index is 2650. The number of azo groups is 2. The minimum absolute atomic E-state index is 0.247. The van der Waals surface area contributed by atoms with Gasteiger partial charge in [0.05, 0.1) is 46.4 Å². The first-order valence-corrected chi connectivity index (χ1v) is 18.3. The van der Waals surface area contributed by atoms with Gasteiger partial charge < -0.3 is 10.1 Å². The quantitative estimate of drug-likeness (QED) is 0.0489. The first-order valence-electron chi connectivity index (χ1n) is 18.3. The predicted molar refractivity (Wildman–Crippen MR) is 222 cm³/mol. The van der Waals surface area contributed by atoms with Gasteiger partial charge in [0, 0.05) is 5.69 Å². The van der Waals surface area contributed by atoms with Crippen LogP contribution in [0.4, 0.5) is 34.1 Å². The third-order valence-electron chi connectivity index (χ3n) is 9.13. The van der Waals surface area contributed by atoms with E-state index in [1.807, 2.05) is 112 Å². The standard InChI is InChI=1S/C43H42N10O4/c1-27-6-17-36(18-7-27)52-42(54)40(30(4)49-52)47-45-33-12-10-32(11-13-33)25-57-51-39-23-16-35(24-29(39)3)44-26-56-38-21-14-34(15-22-38)46-48-41-31(5)50-53(43(41)55)37-19-8-28(2)9-20-37/h6-24,44,49-51H,25-26H2,1-5H3. The fraction of sp³-hybridized carbons (Fsp3) is 0.163. The average molecular weight is 763 g/mol. The number of aromatic nitrogens is 4. The minimum atomic E-state index is -0.265. The molecule has 0 saturated carbocycles. The van der Waals surface area contributed by atoms with Crippen molar-refractivity contribution in [1.82, 2.24) is 19.6 Å². The van der Waals surface area contributed by atoms with Crippen LogP contribution in [0.25, 0.3) is 11.4 Å². The highest BCUT2D eigenvalue weighted by atomic mass is 16.6. The van der Waals surface area contributed by atoms with Crippen LogP contribution >= 0.6 is 0 Å². The van der Waals surface area contributed by atoms with E-state index >= 15 is 0 Å². The Hall–Kier alpha value is -7.32. The summed E-state index contributed by atoms with van der Waals surface area (Å²) in [6.45, 7) is 10.1. The molecule has 7 aromatic rings. The highest BCUT2D eigenvalue weighted by molar-refractivity contribution is 5.58. The molecule has 4 N–H and O–H groups in total. The summed E-state index contributed by atoms with van der Waals surface area (Å²) in [5, 5.41) is 26.4. The fourth-order valence-electron chi connectivity index (χ4n) is 5.83. The van der Waals surface area contributed by atoms with Gasteiger partial charge in [-0.2, -0.15) is 10.2 Å². The Kier molecular flexibility index (Phi) is 11.3. The molecule has 288 valence electrons. The van der Waals surface area contributed by atoms with E-state index in [4.69, 9.17) is 9.57 Å².